The zero-order valence-corrected chi connectivity index (χ0v) is 10.8. The van der Waals surface area contributed by atoms with Gasteiger partial charge >= 0.3 is 0 Å². The molecule has 0 heterocycles. The van der Waals surface area contributed by atoms with Gasteiger partial charge in [0.2, 0.25) is 0 Å². The molecule has 0 spiro atoms. The Morgan fingerprint density at radius 1 is 1.05 bits per heavy atom. The van der Waals surface area contributed by atoms with Crippen molar-refractivity contribution >= 4 is 5.69 Å². The smallest absolute Gasteiger partial charge is 0.159 e. The van der Waals surface area contributed by atoms with Crippen LogP contribution in [0.15, 0.2) is 36.4 Å². The predicted molar refractivity (Wildman–Crippen MR) is 71.4 cm³/mol. The van der Waals surface area contributed by atoms with Crippen LogP contribution in [0.25, 0.3) is 0 Å². The van der Waals surface area contributed by atoms with Crippen LogP contribution >= 0.6 is 0 Å². The molecule has 100 valence electrons. The molecule has 0 saturated carbocycles. The van der Waals surface area contributed by atoms with E-state index in [1.54, 1.807) is 13.2 Å². The third-order valence-corrected chi connectivity index (χ3v) is 2.90. The van der Waals surface area contributed by atoms with Crippen molar-refractivity contribution in [3.05, 3.63) is 59.2 Å². The zero-order chi connectivity index (χ0) is 13.8. The highest BCUT2D eigenvalue weighted by Crippen LogP contribution is 2.21. The number of halogens is 2. The molecular formula is C15H15F2NO. The van der Waals surface area contributed by atoms with Gasteiger partial charge in [-0.2, -0.15) is 0 Å². The van der Waals surface area contributed by atoms with Gasteiger partial charge in [0.05, 0.1) is 7.11 Å². The molecule has 0 aliphatic carbocycles. The van der Waals surface area contributed by atoms with Crippen LogP contribution in [0.4, 0.5) is 14.5 Å². The number of hydrogen-bond acceptors (Lipinski definition) is 2. The molecule has 0 aromatic heterocycles. The summed E-state index contributed by atoms with van der Waals surface area (Å²) in [4.78, 5) is 0. The van der Waals surface area contributed by atoms with Crippen LogP contribution in [-0.2, 0) is 6.54 Å². The van der Waals surface area contributed by atoms with Crippen molar-refractivity contribution in [3.63, 3.8) is 0 Å². The van der Waals surface area contributed by atoms with E-state index in [2.05, 4.69) is 5.32 Å². The van der Waals surface area contributed by atoms with Gasteiger partial charge in [-0.05, 0) is 48.4 Å². The largest absolute Gasteiger partial charge is 0.497 e. The molecule has 19 heavy (non-hydrogen) atoms. The number of ether oxygens (including phenoxy) is 1. The molecule has 0 amide bonds. The van der Waals surface area contributed by atoms with Crippen molar-refractivity contribution in [1.82, 2.24) is 0 Å². The summed E-state index contributed by atoms with van der Waals surface area (Å²) in [6.07, 6.45) is 0. The number of hydrogen-bond donors (Lipinski definition) is 1. The summed E-state index contributed by atoms with van der Waals surface area (Å²) in [5.41, 5.74) is 2.65. The molecule has 0 radical (unpaired) electrons. The molecule has 2 aromatic rings. The second-order valence-electron chi connectivity index (χ2n) is 4.28. The van der Waals surface area contributed by atoms with Crippen LogP contribution in [0.1, 0.15) is 11.1 Å². The highest BCUT2D eigenvalue weighted by Gasteiger charge is 2.04. The molecule has 0 bridgehead atoms. The van der Waals surface area contributed by atoms with Crippen molar-refractivity contribution in [2.45, 2.75) is 13.5 Å². The van der Waals surface area contributed by atoms with Gasteiger partial charge in [0.15, 0.2) is 11.6 Å². The van der Waals surface area contributed by atoms with E-state index in [-0.39, 0.29) is 0 Å². The quantitative estimate of drug-likeness (QED) is 0.903. The van der Waals surface area contributed by atoms with Gasteiger partial charge in [-0.3, -0.25) is 0 Å². The molecule has 0 unspecified atom stereocenters. The van der Waals surface area contributed by atoms with Gasteiger partial charge in [0.1, 0.15) is 5.75 Å². The summed E-state index contributed by atoms with van der Waals surface area (Å²) in [5, 5.41) is 3.18. The number of nitrogens with one attached hydrogen (secondary N) is 1. The fraction of sp³-hybridized carbons (Fsp3) is 0.200. The van der Waals surface area contributed by atoms with Gasteiger partial charge < -0.3 is 10.1 Å². The van der Waals surface area contributed by atoms with E-state index in [4.69, 9.17) is 4.74 Å². The first kappa shape index (κ1) is 13.3. The van der Waals surface area contributed by atoms with E-state index in [1.165, 1.54) is 6.07 Å². The number of anilines is 1. The average molecular weight is 263 g/mol. The van der Waals surface area contributed by atoms with Gasteiger partial charge in [-0.1, -0.05) is 6.07 Å². The molecule has 0 fully saturated rings. The van der Waals surface area contributed by atoms with E-state index in [0.717, 1.165) is 23.1 Å². The third-order valence-electron chi connectivity index (χ3n) is 2.90. The van der Waals surface area contributed by atoms with Crippen molar-refractivity contribution in [3.8, 4) is 5.75 Å². The maximum absolute atomic E-state index is 13.1. The fourth-order valence-corrected chi connectivity index (χ4v) is 1.81. The first-order valence-electron chi connectivity index (χ1n) is 5.92. The molecule has 0 aliphatic rings. The molecular weight excluding hydrogens is 248 g/mol. The Morgan fingerprint density at radius 2 is 1.84 bits per heavy atom. The van der Waals surface area contributed by atoms with Crippen LogP contribution < -0.4 is 10.1 Å². The second kappa shape index (κ2) is 5.69. The van der Waals surface area contributed by atoms with Gasteiger partial charge in [0.25, 0.3) is 0 Å². The highest BCUT2D eigenvalue weighted by molar-refractivity contribution is 5.53. The second-order valence-corrected chi connectivity index (χ2v) is 4.28. The predicted octanol–water partition coefficient (Wildman–Crippen LogP) is 3.89. The van der Waals surface area contributed by atoms with Crippen LogP contribution in [0.5, 0.6) is 5.75 Å². The van der Waals surface area contributed by atoms with Gasteiger partial charge in [-0.25, -0.2) is 8.78 Å². The first-order valence-corrected chi connectivity index (χ1v) is 5.92. The first-order chi connectivity index (χ1) is 9.10. The molecule has 0 atom stereocenters. The van der Waals surface area contributed by atoms with Crippen molar-refractivity contribution < 1.29 is 13.5 Å². The molecule has 4 heteroatoms. The SMILES string of the molecule is COc1ccc(NCc2ccc(F)c(F)c2)c(C)c1. The Kier molecular flexibility index (Phi) is 4.00. The normalized spacial score (nSPS) is 10.3. The van der Waals surface area contributed by atoms with E-state index in [0.29, 0.717) is 12.1 Å². The molecule has 0 saturated heterocycles. The lowest BCUT2D eigenvalue weighted by molar-refractivity contribution is 0.414. The molecule has 0 aliphatic heterocycles. The van der Waals surface area contributed by atoms with Crippen molar-refractivity contribution in [2.24, 2.45) is 0 Å². The third kappa shape index (κ3) is 3.22. The fourth-order valence-electron chi connectivity index (χ4n) is 1.81. The summed E-state index contributed by atoms with van der Waals surface area (Å²) < 4.78 is 31.0. The monoisotopic (exact) mass is 263 g/mol. The average Bonchev–Trinajstić information content (AvgIpc) is 2.41. The number of rotatable bonds is 4. The van der Waals surface area contributed by atoms with Crippen LogP contribution in [0, 0.1) is 18.6 Å². The summed E-state index contributed by atoms with van der Waals surface area (Å²) in [6, 6.07) is 9.54. The van der Waals surface area contributed by atoms with Gasteiger partial charge in [0, 0.05) is 12.2 Å². The highest BCUT2D eigenvalue weighted by atomic mass is 19.2. The number of methoxy groups -OCH3 is 1. The lowest BCUT2D eigenvalue weighted by atomic mass is 10.1. The molecule has 2 rings (SSSR count). The standard InChI is InChI=1S/C15H15F2NO/c1-10-7-12(19-2)4-6-15(10)18-9-11-3-5-13(16)14(17)8-11/h3-8,18H,9H2,1-2H3. The maximum atomic E-state index is 13.1. The summed E-state index contributed by atoms with van der Waals surface area (Å²) >= 11 is 0. The summed E-state index contributed by atoms with van der Waals surface area (Å²) in [7, 11) is 1.61. The number of benzene rings is 2. The van der Waals surface area contributed by atoms with Crippen molar-refractivity contribution in [1.29, 1.82) is 0 Å². The Bertz CT molecular complexity index is 584. The van der Waals surface area contributed by atoms with E-state index in [1.807, 2.05) is 25.1 Å². The van der Waals surface area contributed by atoms with Crippen molar-refractivity contribution in [2.75, 3.05) is 12.4 Å². The Morgan fingerprint density at radius 3 is 2.47 bits per heavy atom. The van der Waals surface area contributed by atoms with Crippen LogP contribution in [0.3, 0.4) is 0 Å². The maximum Gasteiger partial charge on any atom is 0.159 e. The van der Waals surface area contributed by atoms with Crippen LogP contribution in [0.2, 0.25) is 0 Å². The minimum atomic E-state index is -0.829. The van der Waals surface area contributed by atoms with Crippen LogP contribution in [-0.4, -0.2) is 7.11 Å². The van der Waals surface area contributed by atoms with E-state index < -0.39 is 11.6 Å². The minimum Gasteiger partial charge on any atom is -0.497 e. The molecule has 1 N–H and O–H groups in total. The van der Waals surface area contributed by atoms with E-state index >= 15 is 0 Å². The number of aryl methyl sites for hydroxylation is 1. The zero-order valence-electron chi connectivity index (χ0n) is 10.8. The Hall–Kier alpha value is -2.10. The minimum absolute atomic E-state index is 0.435. The lowest BCUT2D eigenvalue weighted by Crippen LogP contribution is -2.02. The molecule has 2 nitrogen and oxygen atoms in total. The Balaban J connectivity index is 2.07. The summed E-state index contributed by atoms with van der Waals surface area (Å²) in [6.45, 7) is 2.39. The summed E-state index contributed by atoms with van der Waals surface area (Å²) in [5.74, 6) is -0.869. The molecule has 2 aromatic carbocycles. The Labute approximate surface area is 111 Å². The topological polar surface area (TPSA) is 21.3 Å². The lowest BCUT2D eigenvalue weighted by Gasteiger charge is -2.11. The van der Waals surface area contributed by atoms with E-state index in [9.17, 15) is 8.78 Å². The van der Waals surface area contributed by atoms with Gasteiger partial charge in [-0.15, -0.1) is 0 Å².